The molecule has 0 saturated heterocycles. The Hall–Kier alpha value is -1.18. The molecule has 0 N–H and O–H groups in total. The minimum atomic E-state index is 0.205. The average Bonchev–Trinajstić information content (AvgIpc) is 2.50. The number of hydrogen-bond acceptors (Lipinski definition) is 2. The molecule has 3 aliphatic rings. The van der Waals surface area contributed by atoms with E-state index >= 15 is 0 Å². The van der Waals surface area contributed by atoms with E-state index in [4.69, 9.17) is 0 Å². The number of ketones is 1. The zero-order chi connectivity index (χ0) is 11.1. The lowest BCUT2D eigenvalue weighted by Crippen LogP contribution is -2.30. The van der Waals surface area contributed by atoms with E-state index in [-0.39, 0.29) is 5.92 Å². The van der Waals surface area contributed by atoms with Gasteiger partial charge in [-0.25, -0.2) is 0 Å². The monoisotopic (exact) mass is 215 g/mol. The highest BCUT2D eigenvalue weighted by atomic mass is 16.1. The third-order valence-electron chi connectivity index (χ3n) is 4.09. The highest BCUT2D eigenvalue weighted by Crippen LogP contribution is 2.43. The second kappa shape index (κ2) is 3.69. The number of allylic oxidation sites excluding steroid dienone is 3. The molecule has 1 heterocycles. The molecule has 1 saturated carbocycles. The lowest BCUT2D eigenvalue weighted by atomic mass is 9.68. The van der Waals surface area contributed by atoms with Crippen LogP contribution in [0.4, 0.5) is 0 Å². The number of hydrogen-bond donors (Lipinski definition) is 0. The first-order valence-corrected chi connectivity index (χ1v) is 6.24. The van der Waals surface area contributed by atoms with Crippen LogP contribution in [0.5, 0.6) is 0 Å². The van der Waals surface area contributed by atoms with E-state index in [9.17, 15) is 4.79 Å². The normalized spacial score (nSPS) is 33.3. The van der Waals surface area contributed by atoms with Gasteiger partial charge in [-0.2, -0.15) is 0 Å². The van der Waals surface area contributed by atoms with Gasteiger partial charge in [0.25, 0.3) is 0 Å². The van der Waals surface area contributed by atoms with Gasteiger partial charge in [-0.3, -0.25) is 9.79 Å². The number of carbonyl (C=O) groups is 1. The molecule has 2 aliphatic carbocycles. The summed E-state index contributed by atoms with van der Waals surface area (Å²) in [6, 6.07) is 0. The maximum Gasteiger partial charge on any atom is 0.163 e. The molecule has 2 atom stereocenters. The summed E-state index contributed by atoms with van der Waals surface area (Å²) in [4.78, 5) is 16.5. The van der Waals surface area contributed by atoms with Crippen LogP contribution in [0.3, 0.4) is 0 Å². The van der Waals surface area contributed by atoms with Crippen LogP contribution in [0, 0.1) is 11.8 Å². The van der Waals surface area contributed by atoms with Gasteiger partial charge in [0.05, 0.1) is 6.54 Å². The van der Waals surface area contributed by atoms with Crippen molar-refractivity contribution in [1.82, 2.24) is 0 Å². The fraction of sp³-hybridized carbons (Fsp3) is 0.571. The summed E-state index contributed by atoms with van der Waals surface area (Å²) in [6.45, 7) is 2.67. The van der Waals surface area contributed by atoms with Gasteiger partial charge in [-0.1, -0.05) is 6.92 Å². The van der Waals surface area contributed by atoms with Gasteiger partial charge in [0.1, 0.15) is 0 Å². The van der Waals surface area contributed by atoms with Gasteiger partial charge in [0.2, 0.25) is 0 Å². The molecule has 0 amide bonds. The van der Waals surface area contributed by atoms with Gasteiger partial charge in [0, 0.05) is 17.7 Å². The van der Waals surface area contributed by atoms with Crippen molar-refractivity contribution < 1.29 is 4.79 Å². The largest absolute Gasteiger partial charge is 0.294 e. The Balaban J connectivity index is 2.14. The van der Waals surface area contributed by atoms with Crippen molar-refractivity contribution in [1.29, 1.82) is 0 Å². The van der Waals surface area contributed by atoms with Gasteiger partial charge >= 0.3 is 0 Å². The van der Waals surface area contributed by atoms with Gasteiger partial charge < -0.3 is 0 Å². The third-order valence-corrected chi connectivity index (χ3v) is 4.09. The Morgan fingerprint density at radius 2 is 2.31 bits per heavy atom. The second-order valence-corrected chi connectivity index (χ2v) is 5.16. The predicted octanol–water partition coefficient (Wildman–Crippen LogP) is 2.70. The summed E-state index contributed by atoms with van der Waals surface area (Å²) in [5.41, 5.74) is 3.77. The van der Waals surface area contributed by atoms with Crippen LogP contribution in [-0.2, 0) is 4.79 Å². The van der Waals surface area contributed by atoms with E-state index in [1.54, 1.807) is 0 Å². The summed E-state index contributed by atoms with van der Waals surface area (Å²) in [5, 5.41) is 0. The maximum absolute atomic E-state index is 12.2. The number of carbonyl (C=O) groups excluding carboxylic acids is 1. The molecule has 0 radical (unpaired) electrons. The summed E-state index contributed by atoms with van der Waals surface area (Å²) in [7, 11) is 0. The molecular weight excluding hydrogens is 198 g/mol. The van der Waals surface area contributed by atoms with Gasteiger partial charge in [-0.15, -0.1) is 0 Å². The van der Waals surface area contributed by atoms with Crippen LogP contribution in [0.15, 0.2) is 27.8 Å². The number of aliphatic imine (C=N–C) groups is 1. The molecule has 0 bridgehead atoms. The van der Waals surface area contributed by atoms with E-state index in [1.807, 2.05) is 6.21 Å². The second-order valence-electron chi connectivity index (χ2n) is 5.16. The average molecular weight is 215 g/mol. The molecule has 1 fully saturated rings. The van der Waals surface area contributed by atoms with Gasteiger partial charge in [-0.05, 0) is 48.8 Å². The summed E-state index contributed by atoms with van der Waals surface area (Å²) < 4.78 is 0. The number of nitrogens with zero attached hydrogens (tertiary/aromatic N) is 1. The molecule has 1 aliphatic heterocycles. The molecule has 0 spiro atoms. The Morgan fingerprint density at radius 1 is 1.44 bits per heavy atom. The minimum Gasteiger partial charge on any atom is -0.294 e. The third kappa shape index (κ3) is 1.40. The SMILES string of the molecule is CC1CC2CCCC3=CC=NCC(=C32)C1=O. The number of rotatable bonds is 0. The van der Waals surface area contributed by atoms with E-state index in [2.05, 4.69) is 18.0 Å². The molecular formula is C14H17NO. The molecule has 0 aromatic heterocycles. The van der Waals surface area contributed by atoms with E-state index in [1.165, 1.54) is 24.0 Å². The molecule has 2 unspecified atom stereocenters. The van der Waals surface area contributed by atoms with Crippen LogP contribution in [-0.4, -0.2) is 18.5 Å². The van der Waals surface area contributed by atoms with E-state index < -0.39 is 0 Å². The first kappa shape index (κ1) is 10.0. The van der Waals surface area contributed by atoms with Crippen LogP contribution < -0.4 is 0 Å². The van der Waals surface area contributed by atoms with Crippen molar-refractivity contribution in [3.63, 3.8) is 0 Å². The molecule has 2 heteroatoms. The molecule has 2 nitrogen and oxygen atoms in total. The van der Waals surface area contributed by atoms with Crippen molar-refractivity contribution in [3.05, 3.63) is 22.8 Å². The molecule has 16 heavy (non-hydrogen) atoms. The Labute approximate surface area is 96.1 Å². The van der Waals surface area contributed by atoms with Crippen molar-refractivity contribution >= 4 is 12.0 Å². The fourth-order valence-corrected chi connectivity index (χ4v) is 3.34. The Morgan fingerprint density at radius 3 is 3.19 bits per heavy atom. The zero-order valence-electron chi connectivity index (χ0n) is 9.70. The molecule has 0 aromatic carbocycles. The van der Waals surface area contributed by atoms with Gasteiger partial charge in [0.15, 0.2) is 5.78 Å². The van der Waals surface area contributed by atoms with Crippen LogP contribution >= 0.6 is 0 Å². The van der Waals surface area contributed by atoms with Crippen molar-refractivity contribution in [2.24, 2.45) is 16.8 Å². The summed E-state index contributed by atoms with van der Waals surface area (Å²) >= 11 is 0. The summed E-state index contributed by atoms with van der Waals surface area (Å²) in [6.07, 6.45) is 8.71. The lowest BCUT2D eigenvalue weighted by Gasteiger charge is -2.35. The summed E-state index contributed by atoms with van der Waals surface area (Å²) in [5.74, 6) is 1.18. The van der Waals surface area contributed by atoms with Crippen molar-refractivity contribution in [3.8, 4) is 0 Å². The predicted molar refractivity (Wildman–Crippen MR) is 64.6 cm³/mol. The Bertz CT molecular complexity index is 428. The standard InChI is InChI=1S/C14H17NO/c1-9-7-11-4-2-3-10-5-6-15-8-12(13(10)11)14(9)16/h5-6,9,11H,2-4,7-8H2,1H3. The van der Waals surface area contributed by atoms with Crippen LogP contribution in [0.2, 0.25) is 0 Å². The minimum absolute atomic E-state index is 0.205. The number of Topliss-reactive ketones (excluding diaryl/α,β-unsaturated/α-hetero) is 1. The first-order valence-electron chi connectivity index (χ1n) is 6.24. The van der Waals surface area contributed by atoms with Crippen LogP contribution in [0.25, 0.3) is 0 Å². The molecule has 0 aromatic rings. The zero-order valence-corrected chi connectivity index (χ0v) is 9.70. The lowest BCUT2D eigenvalue weighted by molar-refractivity contribution is -0.119. The van der Waals surface area contributed by atoms with E-state index in [0.29, 0.717) is 18.2 Å². The van der Waals surface area contributed by atoms with Crippen molar-refractivity contribution in [2.45, 2.75) is 32.6 Å². The topological polar surface area (TPSA) is 29.4 Å². The van der Waals surface area contributed by atoms with Crippen molar-refractivity contribution in [2.75, 3.05) is 6.54 Å². The highest BCUT2D eigenvalue weighted by molar-refractivity contribution is 6.01. The van der Waals surface area contributed by atoms with E-state index in [0.717, 1.165) is 18.4 Å². The highest BCUT2D eigenvalue weighted by Gasteiger charge is 2.36. The Kier molecular flexibility index (Phi) is 2.31. The molecule has 3 rings (SSSR count). The maximum atomic E-state index is 12.2. The quantitative estimate of drug-likeness (QED) is 0.611. The fourth-order valence-electron chi connectivity index (χ4n) is 3.34. The smallest absolute Gasteiger partial charge is 0.163 e. The first-order chi connectivity index (χ1) is 7.77. The van der Waals surface area contributed by atoms with Crippen LogP contribution in [0.1, 0.15) is 32.6 Å². The molecule has 84 valence electrons.